The number of imidazole rings is 1. The van der Waals surface area contributed by atoms with E-state index in [2.05, 4.69) is 44.7 Å². The summed E-state index contributed by atoms with van der Waals surface area (Å²) in [5, 5.41) is 8.90. The minimum absolute atomic E-state index is 0.211. The lowest BCUT2D eigenvalue weighted by Gasteiger charge is -2.29. The van der Waals surface area contributed by atoms with Gasteiger partial charge in [-0.2, -0.15) is 0 Å². The van der Waals surface area contributed by atoms with Crippen molar-refractivity contribution in [1.29, 1.82) is 0 Å². The summed E-state index contributed by atoms with van der Waals surface area (Å²) < 4.78 is 3.39. The number of nitrogens with one attached hydrogen (secondary N) is 2. The molecule has 0 radical (unpaired) electrons. The molecule has 2 aromatic heterocycles. The van der Waals surface area contributed by atoms with Crippen molar-refractivity contribution in [3.05, 3.63) is 41.0 Å². The number of carbonyl (C=O) groups is 2. The molecular formula is C24H31N5O2S. The molecule has 1 atom stereocenters. The van der Waals surface area contributed by atoms with Gasteiger partial charge in [-0.3, -0.25) is 9.59 Å². The monoisotopic (exact) mass is 453 g/mol. The SMILES string of the molecule is CNC(=O)[C@@H](NC(=O)c1nc(-c2csc3ccccc23)n2c1CN(C)CCC2)C(C)(C)C. The predicted octanol–water partition coefficient (Wildman–Crippen LogP) is 3.49. The number of carbonyl (C=O) groups excluding carboxylic acids is 2. The van der Waals surface area contributed by atoms with Gasteiger partial charge in [-0.1, -0.05) is 39.0 Å². The molecule has 0 aliphatic carbocycles. The number of rotatable bonds is 4. The Morgan fingerprint density at radius 2 is 1.94 bits per heavy atom. The summed E-state index contributed by atoms with van der Waals surface area (Å²) in [6.45, 7) is 8.22. The lowest BCUT2D eigenvalue weighted by Crippen LogP contribution is -2.53. The van der Waals surface area contributed by atoms with Crippen LogP contribution < -0.4 is 10.6 Å². The maximum atomic E-state index is 13.5. The predicted molar refractivity (Wildman–Crippen MR) is 129 cm³/mol. The number of benzene rings is 1. The van der Waals surface area contributed by atoms with Crippen molar-refractivity contribution in [3.8, 4) is 11.4 Å². The van der Waals surface area contributed by atoms with Crippen LogP contribution in [0.3, 0.4) is 0 Å². The number of amides is 2. The molecule has 0 saturated carbocycles. The van der Waals surface area contributed by atoms with Gasteiger partial charge in [0.1, 0.15) is 11.9 Å². The van der Waals surface area contributed by atoms with Gasteiger partial charge >= 0.3 is 0 Å². The highest BCUT2D eigenvalue weighted by molar-refractivity contribution is 7.17. The van der Waals surface area contributed by atoms with E-state index in [0.717, 1.165) is 42.0 Å². The van der Waals surface area contributed by atoms with Crippen molar-refractivity contribution in [2.75, 3.05) is 20.6 Å². The zero-order valence-electron chi connectivity index (χ0n) is 19.4. The van der Waals surface area contributed by atoms with Crippen molar-refractivity contribution >= 4 is 33.2 Å². The molecule has 1 aliphatic rings. The fourth-order valence-electron chi connectivity index (χ4n) is 4.28. The van der Waals surface area contributed by atoms with E-state index in [-0.39, 0.29) is 11.8 Å². The highest BCUT2D eigenvalue weighted by Crippen LogP contribution is 2.35. The number of hydrogen-bond donors (Lipinski definition) is 2. The van der Waals surface area contributed by atoms with Crippen LogP contribution in [0.4, 0.5) is 0 Å². The average molecular weight is 454 g/mol. The first kappa shape index (κ1) is 22.5. The van der Waals surface area contributed by atoms with E-state index < -0.39 is 11.5 Å². The van der Waals surface area contributed by atoms with Gasteiger partial charge in [-0.15, -0.1) is 11.3 Å². The first-order valence-electron chi connectivity index (χ1n) is 11.0. The van der Waals surface area contributed by atoms with Gasteiger partial charge in [-0.25, -0.2) is 4.98 Å². The van der Waals surface area contributed by atoms with E-state index in [4.69, 9.17) is 4.98 Å². The summed E-state index contributed by atoms with van der Waals surface area (Å²) >= 11 is 1.69. The maximum Gasteiger partial charge on any atom is 0.272 e. The van der Waals surface area contributed by atoms with Crippen molar-refractivity contribution in [3.63, 3.8) is 0 Å². The molecule has 8 heteroatoms. The molecule has 7 nitrogen and oxygen atoms in total. The smallest absolute Gasteiger partial charge is 0.272 e. The Kier molecular flexibility index (Phi) is 6.09. The van der Waals surface area contributed by atoms with Gasteiger partial charge in [0.2, 0.25) is 5.91 Å². The Morgan fingerprint density at radius 3 is 2.66 bits per heavy atom. The summed E-state index contributed by atoms with van der Waals surface area (Å²) in [4.78, 5) is 33.1. The summed E-state index contributed by atoms with van der Waals surface area (Å²) in [7, 11) is 3.65. The summed E-state index contributed by atoms with van der Waals surface area (Å²) in [6, 6.07) is 7.62. The van der Waals surface area contributed by atoms with Gasteiger partial charge in [0.15, 0.2) is 5.69 Å². The second-order valence-electron chi connectivity index (χ2n) is 9.51. The zero-order valence-corrected chi connectivity index (χ0v) is 20.2. The number of fused-ring (bicyclic) bond motifs is 2. The van der Waals surface area contributed by atoms with Crippen molar-refractivity contribution in [2.45, 2.75) is 46.3 Å². The van der Waals surface area contributed by atoms with Crippen LogP contribution in [0, 0.1) is 5.41 Å². The van der Waals surface area contributed by atoms with Crippen LogP contribution in [0.15, 0.2) is 29.6 Å². The molecule has 2 N–H and O–H groups in total. The lowest BCUT2D eigenvalue weighted by atomic mass is 9.86. The summed E-state index contributed by atoms with van der Waals surface area (Å²) in [5.41, 5.74) is 1.92. The maximum absolute atomic E-state index is 13.5. The first-order valence-corrected chi connectivity index (χ1v) is 11.9. The van der Waals surface area contributed by atoms with Crippen LogP contribution in [-0.2, 0) is 17.9 Å². The first-order chi connectivity index (χ1) is 15.2. The van der Waals surface area contributed by atoms with E-state index >= 15 is 0 Å². The van der Waals surface area contributed by atoms with Crippen molar-refractivity contribution < 1.29 is 9.59 Å². The van der Waals surface area contributed by atoms with Crippen LogP contribution in [0.25, 0.3) is 21.5 Å². The topological polar surface area (TPSA) is 79.3 Å². The van der Waals surface area contributed by atoms with Gasteiger partial charge in [-0.05, 0) is 31.5 Å². The molecule has 3 aromatic rings. The van der Waals surface area contributed by atoms with E-state index in [0.29, 0.717) is 12.2 Å². The molecule has 0 spiro atoms. The summed E-state index contributed by atoms with van der Waals surface area (Å²) in [5.74, 6) is 0.306. The molecule has 3 heterocycles. The molecule has 1 aliphatic heterocycles. The molecule has 4 rings (SSSR count). The van der Waals surface area contributed by atoms with Crippen LogP contribution >= 0.6 is 11.3 Å². The third-order valence-electron chi connectivity index (χ3n) is 6.00. The number of nitrogens with zero attached hydrogens (tertiary/aromatic N) is 3. The second-order valence-corrected chi connectivity index (χ2v) is 10.4. The van der Waals surface area contributed by atoms with Crippen molar-refractivity contribution in [1.82, 2.24) is 25.1 Å². The molecule has 1 aromatic carbocycles. The molecule has 0 fully saturated rings. The van der Waals surface area contributed by atoms with Gasteiger partial charge in [0.05, 0.1) is 5.69 Å². The van der Waals surface area contributed by atoms with E-state index in [1.165, 1.54) is 4.70 Å². The highest BCUT2D eigenvalue weighted by atomic mass is 32.1. The Morgan fingerprint density at radius 1 is 1.19 bits per heavy atom. The number of likely N-dealkylation sites (N-methyl/N-ethyl adjacent to an activating group) is 1. The fraction of sp³-hybridized carbons (Fsp3) is 0.458. The third-order valence-corrected chi connectivity index (χ3v) is 6.96. The number of thiophene rings is 1. The fourth-order valence-corrected chi connectivity index (χ4v) is 5.22. The molecular weight excluding hydrogens is 422 g/mol. The molecule has 0 saturated heterocycles. The van der Waals surface area contributed by atoms with E-state index in [9.17, 15) is 9.59 Å². The Bertz CT molecular complexity index is 1160. The van der Waals surface area contributed by atoms with Crippen molar-refractivity contribution in [2.24, 2.45) is 5.41 Å². The van der Waals surface area contributed by atoms with Gasteiger partial charge in [0, 0.05) is 41.2 Å². The van der Waals surface area contributed by atoms with Gasteiger partial charge < -0.3 is 20.1 Å². The van der Waals surface area contributed by atoms with Crippen LogP contribution in [0.5, 0.6) is 0 Å². The van der Waals surface area contributed by atoms with Crippen LogP contribution in [-0.4, -0.2) is 52.9 Å². The van der Waals surface area contributed by atoms with E-state index in [1.54, 1.807) is 18.4 Å². The van der Waals surface area contributed by atoms with E-state index in [1.807, 2.05) is 32.9 Å². The van der Waals surface area contributed by atoms with Crippen LogP contribution in [0.2, 0.25) is 0 Å². The Labute approximate surface area is 192 Å². The molecule has 0 unspecified atom stereocenters. The molecule has 2 amide bonds. The average Bonchev–Trinajstić information content (AvgIpc) is 3.26. The highest BCUT2D eigenvalue weighted by Gasteiger charge is 2.34. The zero-order chi connectivity index (χ0) is 23.0. The Hall–Kier alpha value is -2.71. The third kappa shape index (κ3) is 4.17. The standard InChI is InChI=1S/C24H31N5O2S/c1-24(2,3)20(23(31)25-4)27-22(30)19-17-13-28(5)11-8-12-29(17)21(26-19)16-14-32-18-10-7-6-9-15(16)18/h6-7,9-10,14,20H,8,11-13H2,1-5H3,(H,25,31)(H,27,30)/t20-/m1/s1. The Balaban J connectivity index is 1.80. The normalized spacial score (nSPS) is 15.8. The minimum Gasteiger partial charge on any atom is -0.357 e. The number of aromatic nitrogens is 2. The second kappa shape index (κ2) is 8.67. The number of hydrogen-bond acceptors (Lipinski definition) is 5. The molecule has 32 heavy (non-hydrogen) atoms. The van der Waals surface area contributed by atoms with Crippen LogP contribution in [0.1, 0.15) is 43.4 Å². The minimum atomic E-state index is -0.661. The van der Waals surface area contributed by atoms with Gasteiger partial charge in [0.25, 0.3) is 5.91 Å². The lowest BCUT2D eigenvalue weighted by molar-refractivity contribution is -0.124. The quantitative estimate of drug-likeness (QED) is 0.634. The molecule has 170 valence electrons. The largest absolute Gasteiger partial charge is 0.357 e. The molecule has 0 bridgehead atoms. The summed E-state index contributed by atoms with van der Waals surface area (Å²) in [6.07, 6.45) is 0.985.